The van der Waals surface area contributed by atoms with E-state index in [0.29, 0.717) is 5.56 Å². The van der Waals surface area contributed by atoms with E-state index in [0.717, 1.165) is 12.8 Å². The number of nitrogens with zero attached hydrogens (tertiary/aromatic N) is 2. The summed E-state index contributed by atoms with van der Waals surface area (Å²) < 4.78 is 12.6. The van der Waals surface area contributed by atoms with Crippen molar-refractivity contribution in [3.05, 3.63) is 29.8 Å². The van der Waals surface area contributed by atoms with Crippen LogP contribution in [0, 0.1) is 5.95 Å². The first-order valence-corrected chi connectivity index (χ1v) is 5.48. The van der Waals surface area contributed by atoms with Gasteiger partial charge in [0.15, 0.2) is 0 Å². The minimum Gasteiger partial charge on any atom is -0.339 e. The molecule has 0 radical (unpaired) electrons. The molecule has 1 rings (SSSR count). The molecule has 1 aromatic heterocycles. The predicted molar refractivity (Wildman–Crippen MR) is 60.7 cm³/mol. The molecule has 0 aromatic carbocycles. The van der Waals surface area contributed by atoms with Crippen LogP contribution in [0.15, 0.2) is 18.3 Å². The Morgan fingerprint density at radius 1 is 1.44 bits per heavy atom. The summed E-state index contributed by atoms with van der Waals surface area (Å²) >= 11 is 0. The lowest BCUT2D eigenvalue weighted by Crippen LogP contribution is -2.36. The van der Waals surface area contributed by atoms with E-state index in [4.69, 9.17) is 0 Å². The zero-order chi connectivity index (χ0) is 12.1. The Labute approximate surface area is 95.3 Å². The standard InChI is InChI=1S/C12H17FN2O/c1-4-10(5-2)15(3)12(16)9-6-7-11(13)14-8-9/h6-8,10H,4-5H2,1-3H3. The SMILES string of the molecule is CCC(CC)N(C)C(=O)c1ccc(F)nc1. The largest absolute Gasteiger partial charge is 0.339 e. The molecule has 0 bridgehead atoms. The molecule has 0 N–H and O–H groups in total. The summed E-state index contributed by atoms with van der Waals surface area (Å²) in [7, 11) is 1.77. The number of rotatable bonds is 4. The van der Waals surface area contributed by atoms with Gasteiger partial charge >= 0.3 is 0 Å². The zero-order valence-electron chi connectivity index (χ0n) is 9.90. The molecule has 0 saturated carbocycles. The summed E-state index contributed by atoms with van der Waals surface area (Å²) in [6.07, 6.45) is 3.09. The molecule has 1 aromatic rings. The lowest BCUT2D eigenvalue weighted by Gasteiger charge is -2.26. The molecule has 4 heteroatoms. The number of carbonyl (C=O) groups excluding carboxylic acids is 1. The number of pyridine rings is 1. The van der Waals surface area contributed by atoms with Crippen molar-refractivity contribution in [1.82, 2.24) is 9.88 Å². The lowest BCUT2D eigenvalue weighted by molar-refractivity contribution is 0.0723. The second kappa shape index (κ2) is 5.58. The number of aromatic nitrogens is 1. The maximum absolute atomic E-state index is 12.6. The van der Waals surface area contributed by atoms with Crippen LogP contribution < -0.4 is 0 Å². The third-order valence-electron chi connectivity index (χ3n) is 2.78. The van der Waals surface area contributed by atoms with Gasteiger partial charge in [-0.3, -0.25) is 4.79 Å². The Bertz CT molecular complexity index is 347. The summed E-state index contributed by atoms with van der Waals surface area (Å²) in [6.45, 7) is 4.09. The summed E-state index contributed by atoms with van der Waals surface area (Å²) in [4.78, 5) is 17.1. The molecule has 88 valence electrons. The number of carbonyl (C=O) groups is 1. The number of halogens is 1. The highest BCUT2D eigenvalue weighted by Gasteiger charge is 2.18. The van der Waals surface area contributed by atoms with Gasteiger partial charge in [-0.1, -0.05) is 13.8 Å². The average Bonchev–Trinajstić information content (AvgIpc) is 2.30. The van der Waals surface area contributed by atoms with Crippen LogP contribution in [-0.4, -0.2) is 28.9 Å². The molecule has 0 fully saturated rings. The highest BCUT2D eigenvalue weighted by molar-refractivity contribution is 5.93. The van der Waals surface area contributed by atoms with Gasteiger partial charge < -0.3 is 4.90 Å². The zero-order valence-corrected chi connectivity index (χ0v) is 9.90. The number of amides is 1. The third kappa shape index (κ3) is 2.78. The van der Waals surface area contributed by atoms with Crippen LogP contribution in [-0.2, 0) is 0 Å². The molecule has 1 heterocycles. The van der Waals surface area contributed by atoms with Gasteiger partial charge in [-0.05, 0) is 25.0 Å². The minimum atomic E-state index is -0.568. The van der Waals surface area contributed by atoms with Gasteiger partial charge in [0.1, 0.15) is 0 Å². The molecule has 16 heavy (non-hydrogen) atoms. The van der Waals surface area contributed by atoms with Gasteiger partial charge in [-0.2, -0.15) is 4.39 Å². The van der Waals surface area contributed by atoms with Gasteiger partial charge in [-0.15, -0.1) is 0 Å². The first kappa shape index (κ1) is 12.6. The summed E-state index contributed by atoms with van der Waals surface area (Å²) in [5.41, 5.74) is 0.427. The summed E-state index contributed by atoms with van der Waals surface area (Å²) in [5.74, 6) is -0.678. The molecule has 0 unspecified atom stereocenters. The molecular formula is C12H17FN2O. The van der Waals surface area contributed by atoms with E-state index in [1.807, 2.05) is 13.8 Å². The van der Waals surface area contributed by atoms with Gasteiger partial charge in [0.2, 0.25) is 5.95 Å². The van der Waals surface area contributed by atoms with E-state index in [-0.39, 0.29) is 11.9 Å². The first-order chi connectivity index (χ1) is 7.60. The van der Waals surface area contributed by atoms with Crippen LogP contribution in [0.3, 0.4) is 0 Å². The third-order valence-corrected chi connectivity index (χ3v) is 2.78. The Morgan fingerprint density at radius 3 is 2.50 bits per heavy atom. The van der Waals surface area contributed by atoms with Crippen LogP contribution in [0.5, 0.6) is 0 Å². The lowest BCUT2D eigenvalue weighted by atomic mass is 10.1. The van der Waals surface area contributed by atoms with Crippen molar-refractivity contribution < 1.29 is 9.18 Å². The fourth-order valence-electron chi connectivity index (χ4n) is 1.71. The normalized spacial score (nSPS) is 10.6. The fourth-order valence-corrected chi connectivity index (χ4v) is 1.71. The maximum atomic E-state index is 12.6. The average molecular weight is 224 g/mol. The molecule has 0 atom stereocenters. The van der Waals surface area contributed by atoms with Gasteiger partial charge in [-0.25, -0.2) is 4.98 Å². The highest BCUT2D eigenvalue weighted by Crippen LogP contribution is 2.11. The molecule has 0 aliphatic heterocycles. The molecule has 3 nitrogen and oxygen atoms in total. The Kier molecular flexibility index (Phi) is 4.40. The van der Waals surface area contributed by atoms with Crippen LogP contribution in [0.25, 0.3) is 0 Å². The van der Waals surface area contributed by atoms with Crippen LogP contribution >= 0.6 is 0 Å². The van der Waals surface area contributed by atoms with Crippen molar-refractivity contribution in [2.45, 2.75) is 32.7 Å². The molecule has 1 amide bonds. The maximum Gasteiger partial charge on any atom is 0.255 e. The quantitative estimate of drug-likeness (QED) is 0.736. The van der Waals surface area contributed by atoms with Crippen molar-refractivity contribution in [3.63, 3.8) is 0 Å². The van der Waals surface area contributed by atoms with Gasteiger partial charge in [0.25, 0.3) is 5.91 Å². The monoisotopic (exact) mass is 224 g/mol. The van der Waals surface area contributed by atoms with Crippen molar-refractivity contribution in [2.75, 3.05) is 7.05 Å². The summed E-state index contributed by atoms with van der Waals surface area (Å²) in [6, 6.07) is 2.88. The Balaban J connectivity index is 2.81. The van der Waals surface area contributed by atoms with E-state index >= 15 is 0 Å². The van der Waals surface area contributed by atoms with E-state index in [2.05, 4.69) is 4.98 Å². The van der Waals surface area contributed by atoms with Crippen LogP contribution in [0.1, 0.15) is 37.0 Å². The van der Waals surface area contributed by atoms with E-state index < -0.39 is 5.95 Å². The molecule has 0 aliphatic carbocycles. The van der Waals surface area contributed by atoms with Crippen LogP contribution in [0.4, 0.5) is 4.39 Å². The van der Waals surface area contributed by atoms with Crippen LogP contribution in [0.2, 0.25) is 0 Å². The van der Waals surface area contributed by atoms with Gasteiger partial charge in [0, 0.05) is 19.3 Å². The second-order valence-corrected chi connectivity index (χ2v) is 3.76. The molecule has 0 spiro atoms. The Hall–Kier alpha value is -1.45. The van der Waals surface area contributed by atoms with E-state index in [1.54, 1.807) is 11.9 Å². The predicted octanol–water partition coefficient (Wildman–Crippen LogP) is 2.48. The van der Waals surface area contributed by atoms with Gasteiger partial charge in [0.05, 0.1) is 5.56 Å². The van der Waals surface area contributed by atoms with Crippen molar-refractivity contribution in [3.8, 4) is 0 Å². The summed E-state index contributed by atoms with van der Waals surface area (Å²) in [5, 5.41) is 0. The first-order valence-electron chi connectivity index (χ1n) is 5.48. The van der Waals surface area contributed by atoms with E-state index in [9.17, 15) is 9.18 Å². The number of hydrogen-bond acceptors (Lipinski definition) is 2. The second-order valence-electron chi connectivity index (χ2n) is 3.76. The number of hydrogen-bond donors (Lipinski definition) is 0. The minimum absolute atomic E-state index is 0.110. The van der Waals surface area contributed by atoms with E-state index in [1.165, 1.54) is 18.3 Å². The fraction of sp³-hybridized carbons (Fsp3) is 0.500. The Morgan fingerprint density at radius 2 is 2.06 bits per heavy atom. The smallest absolute Gasteiger partial charge is 0.255 e. The molecular weight excluding hydrogens is 207 g/mol. The van der Waals surface area contributed by atoms with Crippen molar-refractivity contribution in [1.29, 1.82) is 0 Å². The molecule has 0 saturated heterocycles. The van der Waals surface area contributed by atoms with Crippen molar-refractivity contribution in [2.24, 2.45) is 0 Å². The molecule has 0 aliphatic rings. The van der Waals surface area contributed by atoms with Crippen molar-refractivity contribution >= 4 is 5.91 Å². The topological polar surface area (TPSA) is 33.2 Å². The highest BCUT2D eigenvalue weighted by atomic mass is 19.1.